The molecule has 1 aliphatic carbocycles. The summed E-state index contributed by atoms with van der Waals surface area (Å²) in [6.07, 6.45) is 14.2. The van der Waals surface area contributed by atoms with Crippen molar-refractivity contribution in [3.05, 3.63) is 106 Å². The van der Waals surface area contributed by atoms with Crippen LogP contribution in [0.25, 0.3) is 0 Å². The lowest BCUT2D eigenvalue weighted by Crippen LogP contribution is -2.28. The molecule has 55 heavy (non-hydrogen) atoms. The van der Waals surface area contributed by atoms with E-state index in [0.29, 0.717) is 44.5 Å². The lowest BCUT2D eigenvalue weighted by atomic mass is 9.81. The van der Waals surface area contributed by atoms with Crippen LogP contribution in [-0.2, 0) is 35.9 Å². The fourth-order valence-corrected chi connectivity index (χ4v) is 10.4. The van der Waals surface area contributed by atoms with E-state index in [-0.39, 0.29) is 28.8 Å². The normalized spacial score (nSPS) is 19.6. The molecule has 0 spiro atoms. The van der Waals surface area contributed by atoms with Gasteiger partial charge in [0, 0.05) is 58.1 Å². The Morgan fingerprint density at radius 2 is 1.47 bits per heavy atom. The van der Waals surface area contributed by atoms with Gasteiger partial charge in [-0.15, -0.1) is 11.8 Å². The van der Waals surface area contributed by atoms with Gasteiger partial charge in [-0.2, -0.15) is 21.4 Å². The zero-order valence-electron chi connectivity index (χ0n) is 32.3. The quantitative estimate of drug-likeness (QED) is 0.0758. The minimum absolute atomic E-state index is 0.0459. The van der Waals surface area contributed by atoms with Crippen LogP contribution in [0.5, 0.6) is 0 Å². The van der Waals surface area contributed by atoms with E-state index in [2.05, 4.69) is 91.8 Å². The molecule has 0 radical (unpaired) electrons. The van der Waals surface area contributed by atoms with Crippen molar-refractivity contribution in [1.82, 2.24) is 0 Å². The molecular weight excluding hydrogens is 757 g/mol. The number of carbonyl (C=O) groups is 1. The van der Waals surface area contributed by atoms with Crippen molar-refractivity contribution in [3.63, 3.8) is 0 Å². The van der Waals surface area contributed by atoms with Gasteiger partial charge in [-0.1, -0.05) is 62.4 Å². The zero-order valence-corrected chi connectivity index (χ0v) is 34.8. The number of carboxylic acid groups (broad SMARTS) is 1. The van der Waals surface area contributed by atoms with Gasteiger partial charge in [-0.25, -0.2) is 0 Å². The second kappa shape index (κ2) is 17.8. The number of allylic oxidation sites excluding steroid dienone is 7. The van der Waals surface area contributed by atoms with Crippen LogP contribution in [0.3, 0.4) is 0 Å². The third kappa shape index (κ3) is 10.7. The summed E-state index contributed by atoms with van der Waals surface area (Å²) >= 11 is 1.59. The van der Waals surface area contributed by atoms with Crippen LogP contribution in [-0.4, -0.2) is 77.7 Å². The lowest BCUT2D eigenvalue weighted by Gasteiger charge is -2.27. The molecule has 0 bridgehead atoms. The molecular formula is C42H55N2O8S3+. The van der Waals surface area contributed by atoms with Crippen molar-refractivity contribution < 1.29 is 40.4 Å². The summed E-state index contributed by atoms with van der Waals surface area (Å²) in [7, 11) is -8.02. The highest BCUT2D eigenvalue weighted by Gasteiger charge is 2.44. The number of fused-ring (bicyclic) bond motifs is 2. The average Bonchev–Trinajstić information content (AvgIpc) is 3.45. The first-order valence-electron chi connectivity index (χ1n) is 19.1. The Balaban J connectivity index is 1.51. The number of thioether (sulfide) groups is 1. The van der Waals surface area contributed by atoms with Crippen molar-refractivity contribution in [1.29, 1.82) is 0 Å². The Kier molecular flexibility index (Phi) is 13.8. The van der Waals surface area contributed by atoms with Crippen LogP contribution in [0.4, 0.5) is 11.4 Å². The average molecular weight is 812 g/mol. The van der Waals surface area contributed by atoms with Gasteiger partial charge in [-0.3, -0.25) is 13.9 Å². The number of hydrogen-bond donors (Lipinski definition) is 3. The number of unbranched alkanes of at least 4 members (excludes halogenated alkanes) is 3. The fraction of sp³-hybridized carbons (Fsp3) is 0.476. The predicted molar refractivity (Wildman–Crippen MR) is 223 cm³/mol. The number of benzene rings is 2. The minimum atomic E-state index is -4.03. The number of carboxylic acids is 1. The Bertz CT molecular complexity index is 2140. The van der Waals surface area contributed by atoms with Crippen molar-refractivity contribution in [2.24, 2.45) is 0 Å². The van der Waals surface area contributed by atoms with Crippen molar-refractivity contribution >= 4 is 55.1 Å². The van der Waals surface area contributed by atoms with Crippen LogP contribution in [0.1, 0.15) is 96.6 Å². The molecule has 2 aliphatic heterocycles. The van der Waals surface area contributed by atoms with E-state index < -0.39 is 26.2 Å². The van der Waals surface area contributed by atoms with E-state index in [9.17, 15) is 35.8 Å². The van der Waals surface area contributed by atoms with E-state index in [4.69, 9.17) is 0 Å². The molecule has 13 heteroatoms. The molecule has 0 fully saturated rings. The maximum Gasteiger partial charge on any atom is 0.304 e. The molecule has 0 atom stereocenters. The second-order valence-electron chi connectivity index (χ2n) is 15.6. The third-order valence-electron chi connectivity index (χ3n) is 10.8. The van der Waals surface area contributed by atoms with E-state index in [0.717, 1.165) is 64.5 Å². The Morgan fingerprint density at radius 3 is 2.16 bits per heavy atom. The molecule has 2 heterocycles. The van der Waals surface area contributed by atoms with Crippen molar-refractivity contribution in [2.75, 3.05) is 35.2 Å². The Morgan fingerprint density at radius 1 is 0.818 bits per heavy atom. The molecule has 10 nitrogen and oxygen atoms in total. The molecule has 3 aliphatic rings. The number of hydrogen-bond acceptors (Lipinski definition) is 7. The van der Waals surface area contributed by atoms with Crippen LogP contribution in [0.15, 0.2) is 94.6 Å². The summed E-state index contributed by atoms with van der Waals surface area (Å²) < 4.78 is 66.2. The van der Waals surface area contributed by atoms with Crippen LogP contribution in [0.2, 0.25) is 0 Å². The van der Waals surface area contributed by atoms with Crippen molar-refractivity contribution in [3.8, 4) is 0 Å². The van der Waals surface area contributed by atoms with Gasteiger partial charge in [0.05, 0.1) is 23.3 Å². The van der Waals surface area contributed by atoms with Gasteiger partial charge in [0.1, 0.15) is 6.54 Å². The maximum atomic E-state index is 11.6. The highest BCUT2D eigenvalue weighted by Crippen LogP contribution is 2.48. The molecule has 0 saturated heterocycles. The third-order valence-corrected chi connectivity index (χ3v) is 13.7. The van der Waals surface area contributed by atoms with Gasteiger partial charge in [0.25, 0.3) is 20.2 Å². The predicted octanol–water partition coefficient (Wildman–Crippen LogP) is 8.60. The van der Waals surface area contributed by atoms with E-state index in [1.54, 1.807) is 11.8 Å². The highest BCUT2D eigenvalue weighted by molar-refractivity contribution is 8.03. The lowest BCUT2D eigenvalue weighted by molar-refractivity contribution is -0.438. The first kappa shape index (κ1) is 42.6. The molecule has 298 valence electrons. The second-order valence-corrected chi connectivity index (χ2v) is 19.8. The van der Waals surface area contributed by atoms with Gasteiger partial charge >= 0.3 is 5.97 Å². The summed E-state index contributed by atoms with van der Waals surface area (Å²) in [5.74, 6) is -0.911. The van der Waals surface area contributed by atoms with Crippen molar-refractivity contribution in [2.45, 2.75) is 96.3 Å². The summed E-state index contributed by atoms with van der Waals surface area (Å²) in [6.45, 7) is 10.1. The molecule has 0 aromatic heterocycles. The standard InChI is InChI=1S/C42H54N2O8S3/c1-41(2)33-17-6-8-19-35(33)43(26-10-5-12-29-54(47,48)49)37(41)23-21-31-15-14-16-32(40(31)53-28-25-39(45)46)22-24-38-42(3,4)34-18-7-9-20-36(34)44(38)27-11-13-30-55(50,51)52/h6-9,17-24H,5,10-16,25-30H2,1-4H3,(H2-,45,46,47,48,49,50,51,52)/p+1. The van der Waals surface area contributed by atoms with Gasteiger partial charge in [0.2, 0.25) is 5.69 Å². The van der Waals surface area contributed by atoms with E-state index in [1.165, 1.54) is 11.1 Å². The number of anilines is 1. The maximum absolute atomic E-state index is 11.6. The molecule has 0 saturated carbocycles. The van der Waals surface area contributed by atoms with Crippen LogP contribution >= 0.6 is 11.8 Å². The summed E-state index contributed by atoms with van der Waals surface area (Å²) in [5, 5.41) is 9.52. The first-order valence-corrected chi connectivity index (χ1v) is 23.3. The molecule has 3 N–H and O–H groups in total. The monoisotopic (exact) mass is 811 g/mol. The Hall–Kier alpha value is -3.49. The number of nitrogens with zero attached hydrogens (tertiary/aromatic N) is 2. The van der Waals surface area contributed by atoms with Crippen LogP contribution < -0.4 is 4.90 Å². The largest absolute Gasteiger partial charge is 0.481 e. The molecule has 0 amide bonds. The van der Waals surface area contributed by atoms with E-state index in [1.807, 2.05) is 18.2 Å². The van der Waals surface area contributed by atoms with E-state index >= 15 is 0 Å². The molecule has 0 unspecified atom stereocenters. The smallest absolute Gasteiger partial charge is 0.304 e. The summed E-state index contributed by atoms with van der Waals surface area (Å²) in [4.78, 5) is 15.0. The number of para-hydroxylation sites is 2. The molecule has 5 rings (SSSR count). The molecule has 2 aromatic rings. The first-order chi connectivity index (χ1) is 25.9. The summed E-state index contributed by atoms with van der Waals surface area (Å²) in [5.41, 5.74) is 8.57. The van der Waals surface area contributed by atoms with Gasteiger partial charge in [0.15, 0.2) is 5.71 Å². The van der Waals surface area contributed by atoms with Gasteiger partial charge < -0.3 is 10.0 Å². The molecule has 2 aromatic carbocycles. The summed E-state index contributed by atoms with van der Waals surface area (Å²) in [6, 6.07) is 16.6. The minimum Gasteiger partial charge on any atom is -0.481 e. The topological polar surface area (TPSA) is 152 Å². The number of rotatable bonds is 18. The Labute approximate surface area is 331 Å². The van der Waals surface area contributed by atoms with Crippen LogP contribution in [0, 0.1) is 0 Å². The van der Waals surface area contributed by atoms with Gasteiger partial charge in [-0.05, 0) is 87.6 Å². The zero-order chi connectivity index (χ0) is 40.0. The SMILES string of the molecule is CC1(C)C(/C=C/C2=C(SCCC(=O)O)C(=C/C=C3/N(CCCCS(=O)(=O)O)c4ccccc4C3(C)C)/CCC2)=[N+](CCCCCS(=O)(=O)O)c2ccccc21. The highest BCUT2D eigenvalue weighted by atomic mass is 32.2. The number of aliphatic carboxylic acids is 1. The fourth-order valence-electron chi connectivity index (χ4n) is 8.05.